The van der Waals surface area contributed by atoms with Gasteiger partial charge < -0.3 is 10.1 Å². The highest BCUT2D eigenvalue weighted by atomic mass is 19.2. The number of nitrogens with one attached hydrogen (secondary N) is 1. The molecule has 3 aromatic rings. The predicted molar refractivity (Wildman–Crippen MR) is 85.8 cm³/mol. The van der Waals surface area contributed by atoms with Crippen molar-refractivity contribution in [2.75, 3.05) is 11.9 Å². The summed E-state index contributed by atoms with van der Waals surface area (Å²) < 4.78 is 33.2. The fraction of sp³-hybridized carbons (Fsp3) is 0.176. The van der Waals surface area contributed by atoms with Gasteiger partial charge in [0.1, 0.15) is 0 Å². The molecule has 2 aromatic carbocycles. The summed E-state index contributed by atoms with van der Waals surface area (Å²) in [4.78, 5) is 11.8. The van der Waals surface area contributed by atoms with Gasteiger partial charge in [0.05, 0.1) is 23.9 Å². The molecule has 5 nitrogen and oxygen atoms in total. The topological polar surface area (TPSA) is 56.2 Å². The highest BCUT2D eigenvalue weighted by Gasteiger charge is 2.10. The summed E-state index contributed by atoms with van der Waals surface area (Å²) in [6.07, 6.45) is 0.0594. The number of aryl methyl sites for hydroxylation is 1. The highest BCUT2D eigenvalue weighted by molar-refractivity contribution is 5.90. The lowest BCUT2D eigenvalue weighted by atomic mass is 10.2. The lowest BCUT2D eigenvalue weighted by Gasteiger charge is -2.06. The van der Waals surface area contributed by atoms with E-state index < -0.39 is 11.6 Å². The van der Waals surface area contributed by atoms with Gasteiger partial charge in [-0.25, -0.2) is 8.78 Å². The molecule has 1 heterocycles. The van der Waals surface area contributed by atoms with Gasteiger partial charge in [-0.05, 0) is 24.3 Å². The van der Waals surface area contributed by atoms with E-state index in [1.54, 1.807) is 4.68 Å². The van der Waals surface area contributed by atoms with Gasteiger partial charge in [0.25, 0.3) is 0 Å². The number of halogens is 2. The van der Waals surface area contributed by atoms with Crippen molar-refractivity contribution in [3.8, 4) is 5.88 Å². The number of carbonyl (C=O) groups is 1. The summed E-state index contributed by atoms with van der Waals surface area (Å²) >= 11 is 0. The number of fused-ring (bicyclic) bond motifs is 1. The van der Waals surface area contributed by atoms with Gasteiger partial charge in [0, 0.05) is 18.8 Å². The van der Waals surface area contributed by atoms with Crippen LogP contribution in [0.2, 0.25) is 0 Å². The van der Waals surface area contributed by atoms with E-state index in [-0.39, 0.29) is 24.6 Å². The van der Waals surface area contributed by atoms with E-state index in [0.717, 1.165) is 23.0 Å². The van der Waals surface area contributed by atoms with Crippen molar-refractivity contribution in [1.82, 2.24) is 9.78 Å². The lowest BCUT2D eigenvalue weighted by molar-refractivity contribution is -0.116. The van der Waals surface area contributed by atoms with Crippen molar-refractivity contribution in [1.29, 1.82) is 0 Å². The maximum atomic E-state index is 13.1. The van der Waals surface area contributed by atoms with Crippen LogP contribution in [0.4, 0.5) is 14.5 Å². The molecule has 1 aromatic heterocycles. The average molecular weight is 331 g/mol. The summed E-state index contributed by atoms with van der Waals surface area (Å²) in [6.45, 7) is 0.122. The summed E-state index contributed by atoms with van der Waals surface area (Å²) in [5, 5.41) is 7.61. The minimum absolute atomic E-state index is 0.0594. The van der Waals surface area contributed by atoms with Gasteiger partial charge in [-0.1, -0.05) is 12.1 Å². The van der Waals surface area contributed by atoms with E-state index in [1.807, 2.05) is 31.3 Å². The third-order valence-electron chi connectivity index (χ3n) is 3.50. The lowest BCUT2D eigenvalue weighted by Crippen LogP contribution is -2.15. The first kappa shape index (κ1) is 15.9. The molecule has 0 bridgehead atoms. The van der Waals surface area contributed by atoms with Crippen molar-refractivity contribution < 1.29 is 18.3 Å². The van der Waals surface area contributed by atoms with Gasteiger partial charge in [-0.3, -0.25) is 9.48 Å². The molecule has 124 valence electrons. The van der Waals surface area contributed by atoms with Crippen LogP contribution < -0.4 is 10.1 Å². The zero-order chi connectivity index (χ0) is 17.1. The molecule has 1 N–H and O–H groups in total. The van der Waals surface area contributed by atoms with Gasteiger partial charge >= 0.3 is 0 Å². The number of rotatable bonds is 5. The second kappa shape index (κ2) is 6.66. The molecule has 0 spiro atoms. The number of aromatic nitrogens is 2. The summed E-state index contributed by atoms with van der Waals surface area (Å²) in [5.41, 5.74) is 1.13. The number of carbonyl (C=O) groups excluding carboxylic acids is 1. The smallest absolute Gasteiger partial charge is 0.240 e. The van der Waals surface area contributed by atoms with Crippen LogP contribution in [0, 0.1) is 11.6 Å². The zero-order valence-corrected chi connectivity index (χ0v) is 12.9. The monoisotopic (exact) mass is 331 g/mol. The predicted octanol–water partition coefficient (Wildman–Crippen LogP) is 3.26. The minimum atomic E-state index is -1.01. The van der Waals surface area contributed by atoms with Crippen LogP contribution in [0.3, 0.4) is 0 Å². The van der Waals surface area contributed by atoms with Crippen LogP contribution in [0.5, 0.6) is 5.88 Å². The molecule has 0 unspecified atom stereocenters. The Morgan fingerprint density at radius 1 is 1.21 bits per heavy atom. The van der Waals surface area contributed by atoms with Gasteiger partial charge in [0.15, 0.2) is 11.6 Å². The molecule has 7 heteroatoms. The second-order valence-electron chi connectivity index (χ2n) is 5.22. The fourth-order valence-electron chi connectivity index (χ4n) is 2.33. The van der Waals surface area contributed by atoms with Gasteiger partial charge in [-0.15, -0.1) is 5.10 Å². The van der Waals surface area contributed by atoms with E-state index in [0.29, 0.717) is 5.88 Å². The first-order valence-corrected chi connectivity index (χ1v) is 7.34. The fourth-order valence-corrected chi connectivity index (χ4v) is 2.33. The molecule has 0 radical (unpaired) electrons. The maximum Gasteiger partial charge on any atom is 0.240 e. The quantitative estimate of drug-likeness (QED) is 0.781. The molecule has 0 saturated carbocycles. The van der Waals surface area contributed by atoms with E-state index in [2.05, 4.69) is 10.4 Å². The van der Waals surface area contributed by atoms with E-state index in [1.165, 1.54) is 6.07 Å². The van der Waals surface area contributed by atoms with Crippen molar-refractivity contribution in [3.05, 3.63) is 54.1 Å². The van der Waals surface area contributed by atoms with Crippen LogP contribution >= 0.6 is 0 Å². The number of para-hydroxylation sites is 1. The zero-order valence-electron chi connectivity index (χ0n) is 12.9. The number of benzene rings is 2. The molecule has 0 aliphatic heterocycles. The number of amides is 1. The summed E-state index contributed by atoms with van der Waals surface area (Å²) in [7, 11) is 1.81. The molecule has 0 aliphatic rings. The first-order chi connectivity index (χ1) is 11.5. The molecule has 24 heavy (non-hydrogen) atoms. The molecule has 0 fully saturated rings. The van der Waals surface area contributed by atoms with Crippen molar-refractivity contribution >= 4 is 22.5 Å². The molecule has 1 amide bonds. The Bertz CT molecular complexity index is 893. The van der Waals surface area contributed by atoms with Crippen molar-refractivity contribution in [2.24, 2.45) is 7.05 Å². The number of hydrogen-bond donors (Lipinski definition) is 1. The van der Waals surface area contributed by atoms with Crippen LogP contribution in [0.15, 0.2) is 42.5 Å². The third-order valence-corrected chi connectivity index (χ3v) is 3.50. The molecule has 0 aliphatic carbocycles. The van der Waals surface area contributed by atoms with Gasteiger partial charge in [0.2, 0.25) is 11.8 Å². The van der Waals surface area contributed by atoms with E-state index >= 15 is 0 Å². The molecule has 0 saturated heterocycles. The van der Waals surface area contributed by atoms with E-state index in [4.69, 9.17) is 4.74 Å². The van der Waals surface area contributed by atoms with Crippen LogP contribution in [0.1, 0.15) is 6.42 Å². The van der Waals surface area contributed by atoms with E-state index in [9.17, 15) is 13.6 Å². The highest BCUT2D eigenvalue weighted by Crippen LogP contribution is 2.23. The number of hydrogen-bond acceptors (Lipinski definition) is 3. The normalized spacial score (nSPS) is 10.8. The summed E-state index contributed by atoms with van der Waals surface area (Å²) in [6, 6.07) is 10.8. The standard InChI is InChI=1S/C17H15F2N3O2/c1-22-15-5-3-2-4-12(15)17(21-22)24-9-8-16(23)20-11-6-7-13(18)14(19)10-11/h2-7,10H,8-9H2,1H3,(H,20,23). The van der Waals surface area contributed by atoms with Gasteiger partial charge in [-0.2, -0.15) is 0 Å². The number of nitrogens with zero attached hydrogens (tertiary/aromatic N) is 2. The SMILES string of the molecule is Cn1nc(OCCC(=O)Nc2ccc(F)c(F)c2)c2ccccc21. The first-order valence-electron chi connectivity index (χ1n) is 7.34. The Balaban J connectivity index is 1.57. The van der Waals surface area contributed by atoms with Crippen LogP contribution in [0.25, 0.3) is 10.9 Å². The maximum absolute atomic E-state index is 13.1. The number of ether oxygens (including phenoxy) is 1. The van der Waals surface area contributed by atoms with Crippen molar-refractivity contribution in [3.63, 3.8) is 0 Å². The summed E-state index contributed by atoms with van der Waals surface area (Å²) in [5.74, 6) is -1.88. The van der Waals surface area contributed by atoms with Crippen LogP contribution in [-0.4, -0.2) is 22.3 Å². The Labute approximate surface area is 136 Å². The Morgan fingerprint density at radius 3 is 2.79 bits per heavy atom. The Kier molecular flexibility index (Phi) is 4.41. The molecule has 3 rings (SSSR count). The number of anilines is 1. The van der Waals surface area contributed by atoms with Crippen molar-refractivity contribution in [2.45, 2.75) is 6.42 Å². The molecular formula is C17H15F2N3O2. The Morgan fingerprint density at radius 2 is 2.00 bits per heavy atom. The largest absolute Gasteiger partial charge is 0.476 e. The third kappa shape index (κ3) is 3.34. The Hall–Kier alpha value is -2.96. The average Bonchev–Trinajstić information content (AvgIpc) is 2.88. The minimum Gasteiger partial charge on any atom is -0.476 e. The second-order valence-corrected chi connectivity index (χ2v) is 5.22. The van der Waals surface area contributed by atoms with Crippen LogP contribution in [-0.2, 0) is 11.8 Å². The molecule has 0 atom stereocenters. The molecular weight excluding hydrogens is 316 g/mol.